The molecule has 0 saturated heterocycles. The summed E-state index contributed by atoms with van der Waals surface area (Å²) in [4.78, 5) is 27.7. The number of aromatic nitrogens is 3. The highest BCUT2D eigenvalue weighted by Crippen LogP contribution is 2.03. The molecule has 0 bridgehead atoms. The first kappa shape index (κ1) is 13.8. The van der Waals surface area contributed by atoms with E-state index in [-0.39, 0.29) is 12.5 Å². The van der Waals surface area contributed by atoms with Crippen LogP contribution in [0.15, 0.2) is 12.4 Å². The van der Waals surface area contributed by atoms with Crippen LogP contribution in [0.2, 0.25) is 0 Å². The van der Waals surface area contributed by atoms with Gasteiger partial charge in [0.25, 0.3) is 5.95 Å². The summed E-state index contributed by atoms with van der Waals surface area (Å²) in [6.07, 6.45) is 2.79. The van der Waals surface area contributed by atoms with Crippen molar-refractivity contribution >= 4 is 17.9 Å². The molecule has 98 valence electrons. The zero-order valence-electron chi connectivity index (χ0n) is 10.2. The Bertz CT molecular complexity index is 411. The standard InChI is InChI=1S/C10H15N5O3/c1-3-15(6-7(2)8(16)17)10(18)13-9-11-4-5-12-14-9/h4-5,7H,3,6H2,1-2H3,(H,16,17)(H,11,13,14,18). The van der Waals surface area contributed by atoms with Gasteiger partial charge >= 0.3 is 12.0 Å². The van der Waals surface area contributed by atoms with Crippen LogP contribution < -0.4 is 5.32 Å². The third kappa shape index (κ3) is 3.96. The van der Waals surface area contributed by atoms with E-state index < -0.39 is 17.9 Å². The highest BCUT2D eigenvalue weighted by Gasteiger charge is 2.19. The molecule has 8 heteroatoms. The Morgan fingerprint density at radius 3 is 2.72 bits per heavy atom. The maximum absolute atomic E-state index is 11.8. The quantitative estimate of drug-likeness (QED) is 0.788. The molecule has 18 heavy (non-hydrogen) atoms. The average Bonchev–Trinajstić information content (AvgIpc) is 2.36. The van der Waals surface area contributed by atoms with Crippen molar-refractivity contribution in [2.45, 2.75) is 13.8 Å². The van der Waals surface area contributed by atoms with E-state index in [1.165, 1.54) is 17.3 Å². The highest BCUT2D eigenvalue weighted by molar-refractivity contribution is 5.87. The van der Waals surface area contributed by atoms with Crippen LogP contribution in [0.25, 0.3) is 0 Å². The van der Waals surface area contributed by atoms with Gasteiger partial charge in [0, 0.05) is 13.1 Å². The second kappa shape index (κ2) is 6.48. The molecule has 0 radical (unpaired) electrons. The zero-order valence-corrected chi connectivity index (χ0v) is 10.2. The molecule has 0 aromatic carbocycles. The summed E-state index contributed by atoms with van der Waals surface area (Å²) >= 11 is 0. The number of carbonyl (C=O) groups is 2. The molecule has 2 N–H and O–H groups in total. The van der Waals surface area contributed by atoms with Gasteiger partial charge in [0.15, 0.2) is 0 Å². The number of amides is 2. The van der Waals surface area contributed by atoms with Crippen molar-refractivity contribution in [1.29, 1.82) is 0 Å². The van der Waals surface area contributed by atoms with Crippen molar-refractivity contribution in [3.05, 3.63) is 12.4 Å². The van der Waals surface area contributed by atoms with Crippen LogP contribution in [-0.2, 0) is 4.79 Å². The third-order valence-corrected chi connectivity index (χ3v) is 2.29. The number of anilines is 1. The summed E-state index contributed by atoms with van der Waals surface area (Å²) in [6, 6.07) is -0.446. The second-order valence-electron chi connectivity index (χ2n) is 3.67. The maximum atomic E-state index is 11.8. The van der Waals surface area contributed by atoms with E-state index in [0.29, 0.717) is 6.54 Å². The molecular weight excluding hydrogens is 238 g/mol. The van der Waals surface area contributed by atoms with Gasteiger partial charge in [-0.05, 0) is 6.92 Å². The lowest BCUT2D eigenvalue weighted by Crippen LogP contribution is -2.39. The Hall–Kier alpha value is -2.25. The Morgan fingerprint density at radius 1 is 1.50 bits per heavy atom. The number of carboxylic acid groups (broad SMARTS) is 1. The average molecular weight is 253 g/mol. The van der Waals surface area contributed by atoms with Crippen molar-refractivity contribution in [3.63, 3.8) is 0 Å². The highest BCUT2D eigenvalue weighted by atomic mass is 16.4. The van der Waals surface area contributed by atoms with Crippen molar-refractivity contribution in [1.82, 2.24) is 20.1 Å². The molecule has 1 aromatic heterocycles. The van der Waals surface area contributed by atoms with Crippen LogP contribution in [0.5, 0.6) is 0 Å². The summed E-state index contributed by atoms with van der Waals surface area (Å²) in [7, 11) is 0. The summed E-state index contributed by atoms with van der Waals surface area (Å²) in [5.41, 5.74) is 0. The van der Waals surface area contributed by atoms with Gasteiger partial charge in [-0.3, -0.25) is 10.1 Å². The lowest BCUT2D eigenvalue weighted by Gasteiger charge is -2.22. The summed E-state index contributed by atoms with van der Waals surface area (Å²) < 4.78 is 0. The monoisotopic (exact) mass is 253 g/mol. The van der Waals surface area contributed by atoms with Crippen molar-refractivity contribution in [2.24, 2.45) is 5.92 Å². The summed E-state index contributed by atoms with van der Waals surface area (Å²) in [6.45, 7) is 3.82. The van der Waals surface area contributed by atoms with Gasteiger partial charge in [-0.15, -0.1) is 5.10 Å². The minimum atomic E-state index is -0.945. The van der Waals surface area contributed by atoms with E-state index in [2.05, 4.69) is 20.5 Å². The molecule has 8 nitrogen and oxygen atoms in total. The van der Waals surface area contributed by atoms with E-state index in [4.69, 9.17) is 5.11 Å². The van der Waals surface area contributed by atoms with E-state index in [9.17, 15) is 9.59 Å². The normalized spacial score (nSPS) is 11.7. The molecule has 1 rings (SSSR count). The lowest BCUT2D eigenvalue weighted by molar-refractivity contribution is -0.141. The fourth-order valence-corrected chi connectivity index (χ4v) is 1.24. The molecule has 1 aromatic rings. The molecular formula is C10H15N5O3. The van der Waals surface area contributed by atoms with Crippen LogP contribution in [0.4, 0.5) is 10.7 Å². The first-order valence-electron chi connectivity index (χ1n) is 5.47. The smallest absolute Gasteiger partial charge is 0.324 e. The molecule has 1 unspecified atom stereocenters. The SMILES string of the molecule is CCN(CC(C)C(=O)O)C(=O)Nc1nccnn1. The van der Waals surface area contributed by atoms with Crippen LogP contribution in [0.3, 0.4) is 0 Å². The van der Waals surface area contributed by atoms with Crippen LogP contribution >= 0.6 is 0 Å². The zero-order chi connectivity index (χ0) is 13.5. The molecule has 0 aliphatic carbocycles. The Labute approximate surface area is 104 Å². The molecule has 0 fully saturated rings. The van der Waals surface area contributed by atoms with E-state index >= 15 is 0 Å². The fraction of sp³-hybridized carbons (Fsp3) is 0.500. The fourth-order valence-electron chi connectivity index (χ4n) is 1.24. The number of hydrogen-bond donors (Lipinski definition) is 2. The molecule has 0 spiro atoms. The van der Waals surface area contributed by atoms with Crippen molar-refractivity contribution in [3.8, 4) is 0 Å². The minimum Gasteiger partial charge on any atom is -0.481 e. The van der Waals surface area contributed by atoms with Gasteiger partial charge in [0.1, 0.15) is 0 Å². The van der Waals surface area contributed by atoms with Gasteiger partial charge in [-0.1, -0.05) is 6.92 Å². The van der Waals surface area contributed by atoms with Crippen LogP contribution in [0.1, 0.15) is 13.8 Å². The first-order chi connectivity index (χ1) is 8.54. The van der Waals surface area contributed by atoms with Gasteiger partial charge in [0.2, 0.25) is 0 Å². The number of hydrogen-bond acceptors (Lipinski definition) is 5. The van der Waals surface area contributed by atoms with E-state index in [0.717, 1.165) is 0 Å². The topological polar surface area (TPSA) is 108 Å². The van der Waals surface area contributed by atoms with E-state index in [1.807, 2.05) is 0 Å². The number of carboxylic acids is 1. The maximum Gasteiger partial charge on any atom is 0.324 e. The van der Waals surface area contributed by atoms with Gasteiger partial charge in [0.05, 0.1) is 18.3 Å². The Balaban J connectivity index is 2.60. The molecule has 2 amide bonds. The first-order valence-corrected chi connectivity index (χ1v) is 5.47. The number of aliphatic carboxylic acids is 1. The number of nitrogens with one attached hydrogen (secondary N) is 1. The van der Waals surface area contributed by atoms with Gasteiger partial charge in [-0.2, -0.15) is 5.10 Å². The third-order valence-electron chi connectivity index (χ3n) is 2.29. The number of rotatable bonds is 5. The summed E-state index contributed by atoms with van der Waals surface area (Å²) in [5.74, 6) is -1.49. The number of urea groups is 1. The predicted molar refractivity (Wildman–Crippen MR) is 62.9 cm³/mol. The Kier molecular flexibility index (Phi) is 4.97. The molecule has 1 heterocycles. The molecule has 0 aliphatic rings. The van der Waals surface area contributed by atoms with E-state index in [1.54, 1.807) is 13.8 Å². The number of nitrogens with zero attached hydrogens (tertiary/aromatic N) is 4. The minimum absolute atomic E-state index is 0.0870. The predicted octanol–water partition coefficient (Wildman–Crippen LogP) is 0.446. The Morgan fingerprint density at radius 2 is 2.22 bits per heavy atom. The van der Waals surface area contributed by atoms with Crippen molar-refractivity contribution < 1.29 is 14.7 Å². The largest absolute Gasteiger partial charge is 0.481 e. The molecule has 1 atom stereocenters. The van der Waals surface area contributed by atoms with Crippen LogP contribution in [0, 0.1) is 5.92 Å². The van der Waals surface area contributed by atoms with Gasteiger partial charge < -0.3 is 10.0 Å². The lowest BCUT2D eigenvalue weighted by atomic mass is 10.2. The molecule has 0 aliphatic heterocycles. The number of carbonyl (C=O) groups excluding carboxylic acids is 1. The van der Waals surface area contributed by atoms with Crippen LogP contribution in [-0.4, -0.2) is 50.3 Å². The van der Waals surface area contributed by atoms with Gasteiger partial charge in [-0.25, -0.2) is 9.78 Å². The molecule has 0 saturated carbocycles. The summed E-state index contributed by atoms with van der Waals surface area (Å²) in [5, 5.41) is 18.4. The second-order valence-corrected chi connectivity index (χ2v) is 3.67. The van der Waals surface area contributed by atoms with Crippen molar-refractivity contribution in [2.75, 3.05) is 18.4 Å².